The first-order valence-electron chi connectivity index (χ1n) is 6.99. The predicted octanol–water partition coefficient (Wildman–Crippen LogP) is 2.51. The van der Waals surface area contributed by atoms with Gasteiger partial charge in [0.1, 0.15) is 11.9 Å². The number of hydrogen-bond acceptors (Lipinski definition) is 6. The van der Waals surface area contributed by atoms with Crippen molar-refractivity contribution in [1.29, 1.82) is 0 Å². The van der Waals surface area contributed by atoms with Gasteiger partial charge in [-0.25, -0.2) is 14.6 Å². The van der Waals surface area contributed by atoms with Gasteiger partial charge in [0, 0.05) is 12.0 Å². The number of benzene rings is 1. The van der Waals surface area contributed by atoms with Crippen molar-refractivity contribution in [2.24, 2.45) is 0 Å². The summed E-state index contributed by atoms with van der Waals surface area (Å²) >= 11 is 0. The maximum Gasteiger partial charge on any atom is 0.361 e. The smallest absolute Gasteiger partial charge is 0.361 e. The molecule has 2 aromatic rings. The molecule has 0 amide bonds. The minimum Gasteiger partial charge on any atom is -0.460 e. The van der Waals surface area contributed by atoms with Crippen LogP contribution in [0.3, 0.4) is 0 Å². The number of ether oxygens (including phenoxy) is 2. The Bertz CT molecular complexity index is 707. The SMILES string of the molecule is Cc1oc(-c2ccccc2)nc1C(=O)OC1CC(C)OC1=O. The Labute approximate surface area is 127 Å². The van der Waals surface area contributed by atoms with E-state index in [4.69, 9.17) is 13.9 Å². The average molecular weight is 301 g/mol. The number of nitrogens with zero attached hydrogens (tertiary/aromatic N) is 1. The Kier molecular flexibility index (Phi) is 3.66. The Morgan fingerprint density at radius 1 is 1.32 bits per heavy atom. The van der Waals surface area contributed by atoms with Crippen molar-refractivity contribution in [1.82, 2.24) is 4.98 Å². The number of aromatic nitrogens is 1. The number of oxazole rings is 1. The maximum atomic E-state index is 12.2. The topological polar surface area (TPSA) is 78.6 Å². The van der Waals surface area contributed by atoms with Gasteiger partial charge in [-0.1, -0.05) is 18.2 Å². The molecular formula is C16H15NO5. The van der Waals surface area contributed by atoms with Crippen LogP contribution in [-0.2, 0) is 14.3 Å². The van der Waals surface area contributed by atoms with Gasteiger partial charge < -0.3 is 13.9 Å². The molecule has 3 rings (SSSR count). The molecule has 1 aromatic heterocycles. The summed E-state index contributed by atoms with van der Waals surface area (Å²) in [4.78, 5) is 27.9. The number of carbonyl (C=O) groups excluding carboxylic acids is 2. The second kappa shape index (κ2) is 5.63. The zero-order valence-corrected chi connectivity index (χ0v) is 12.2. The van der Waals surface area contributed by atoms with Crippen molar-refractivity contribution in [2.45, 2.75) is 32.5 Å². The fraction of sp³-hybridized carbons (Fsp3) is 0.312. The third-order valence-electron chi connectivity index (χ3n) is 3.39. The first kappa shape index (κ1) is 14.3. The number of rotatable bonds is 3. The van der Waals surface area contributed by atoms with Crippen molar-refractivity contribution in [3.05, 3.63) is 41.8 Å². The Balaban J connectivity index is 1.79. The van der Waals surface area contributed by atoms with Crippen LogP contribution in [0.1, 0.15) is 29.6 Å². The van der Waals surface area contributed by atoms with Gasteiger partial charge in [0.2, 0.25) is 12.0 Å². The molecule has 6 heteroatoms. The van der Waals surface area contributed by atoms with Crippen LogP contribution in [0, 0.1) is 6.92 Å². The summed E-state index contributed by atoms with van der Waals surface area (Å²) in [5, 5.41) is 0. The van der Waals surface area contributed by atoms with E-state index in [-0.39, 0.29) is 11.8 Å². The molecule has 0 radical (unpaired) electrons. The van der Waals surface area contributed by atoms with E-state index in [1.165, 1.54) is 0 Å². The monoisotopic (exact) mass is 301 g/mol. The predicted molar refractivity (Wildman–Crippen MR) is 76.1 cm³/mol. The zero-order valence-electron chi connectivity index (χ0n) is 12.2. The highest BCUT2D eigenvalue weighted by molar-refractivity contribution is 5.91. The van der Waals surface area contributed by atoms with Crippen LogP contribution < -0.4 is 0 Å². The highest BCUT2D eigenvalue weighted by Gasteiger charge is 2.36. The van der Waals surface area contributed by atoms with Crippen LogP contribution in [0.5, 0.6) is 0 Å². The van der Waals surface area contributed by atoms with Gasteiger partial charge in [0.15, 0.2) is 5.69 Å². The molecule has 0 saturated carbocycles. The lowest BCUT2D eigenvalue weighted by molar-refractivity contribution is -0.147. The highest BCUT2D eigenvalue weighted by atomic mass is 16.6. The summed E-state index contributed by atoms with van der Waals surface area (Å²) in [6, 6.07) is 9.24. The molecule has 22 heavy (non-hydrogen) atoms. The summed E-state index contributed by atoms with van der Waals surface area (Å²) in [5.41, 5.74) is 0.838. The van der Waals surface area contributed by atoms with E-state index in [0.717, 1.165) is 5.56 Å². The molecule has 0 aliphatic carbocycles. The van der Waals surface area contributed by atoms with Crippen molar-refractivity contribution >= 4 is 11.9 Å². The maximum absolute atomic E-state index is 12.2. The lowest BCUT2D eigenvalue weighted by Crippen LogP contribution is -2.23. The quantitative estimate of drug-likeness (QED) is 0.810. The van der Waals surface area contributed by atoms with E-state index < -0.39 is 18.0 Å². The van der Waals surface area contributed by atoms with Gasteiger partial charge in [0.25, 0.3) is 0 Å². The van der Waals surface area contributed by atoms with Crippen LogP contribution >= 0.6 is 0 Å². The number of cyclic esters (lactones) is 1. The third-order valence-corrected chi connectivity index (χ3v) is 3.39. The lowest BCUT2D eigenvalue weighted by Gasteiger charge is -2.06. The van der Waals surface area contributed by atoms with Crippen molar-refractivity contribution in [2.75, 3.05) is 0 Å². The average Bonchev–Trinajstić information content (AvgIpc) is 3.03. The van der Waals surface area contributed by atoms with Crippen LogP contribution in [0.4, 0.5) is 0 Å². The number of aryl methyl sites for hydroxylation is 1. The molecule has 114 valence electrons. The molecule has 0 bridgehead atoms. The third kappa shape index (κ3) is 2.72. The van der Waals surface area contributed by atoms with Crippen LogP contribution in [-0.4, -0.2) is 29.1 Å². The fourth-order valence-electron chi connectivity index (χ4n) is 2.29. The summed E-state index contributed by atoms with van der Waals surface area (Å²) in [6.07, 6.45) is -0.769. The van der Waals surface area contributed by atoms with E-state index in [1.807, 2.05) is 30.3 Å². The van der Waals surface area contributed by atoms with Gasteiger partial charge >= 0.3 is 11.9 Å². The molecule has 1 aromatic carbocycles. The standard InChI is InChI=1S/C16H15NO5/c1-9-8-12(15(18)20-9)22-16(19)13-10(2)21-14(17-13)11-6-4-3-5-7-11/h3-7,9,12H,8H2,1-2H3. The normalized spacial score (nSPS) is 20.7. The molecule has 1 aliphatic rings. The largest absolute Gasteiger partial charge is 0.460 e. The second-order valence-corrected chi connectivity index (χ2v) is 5.17. The fourth-order valence-corrected chi connectivity index (χ4v) is 2.29. The van der Waals surface area contributed by atoms with Gasteiger partial charge in [-0.05, 0) is 26.0 Å². The molecule has 1 saturated heterocycles. The molecule has 0 N–H and O–H groups in total. The first-order chi connectivity index (χ1) is 10.5. The summed E-state index contributed by atoms with van der Waals surface area (Å²) < 4.78 is 15.6. The minimum absolute atomic E-state index is 0.0752. The van der Waals surface area contributed by atoms with E-state index in [0.29, 0.717) is 18.1 Å². The number of esters is 2. The van der Waals surface area contributed by atoms with Crippen molar-refractivity contribution in [3.63, 3.8) is 0 Å². The molecule has 6 nitrogen and oxygen atoms in total. The summed E-state index contributed by atoms with van der Waals surface area (Å²) in [5.74, 6) is -0.513. The Hall–Kier alpha value is -2.63. The molecule has 2 atom stereocenters. The highest BCUT2D eigenvalue weighted by Crippen LogP contribution is 2.23. The summed E-state index contributed by atoms with van der Waals surface area (Å²) in [7, 11) is 0. The second-order valence-electron chi connectivity index (χ2n) is 5.17. The van der Waals surface area contributed by atoms with E-state index in [1.54, 1.807) is 13.8 Å². The van der Waals surface area contributed by atoms with Crippen LogP contribution in [0.2, 0.25) is 0 Å². The van der Waals surface area contributed by atoms with Gasteiger partial charge in [-0.3, -0.25) is 0 Å². The van der Waals surface area contributed by atoms with Gasteiger partial charge in [-0.2, -0.15) is 0 Å². The minimum atomic E-state index is -0.876. The molecule has 1 aliphatic heterocycles. The van der Waals surface area contributed by atoms with Crippen molar-refractivity contribution in [3.8, 4) is 11.5 Å². The summed E-state index contributed by atoms with van der Waals surface area (Å²) in [6.45, 7) is 3.38. The first-order valence-corrected chi connectivity index (χ1v) is 6.99. The number of hydrogen-bond donors (Lipinski definition) is 0. The lowest BCUT2D eigenvalue weighted by atomic mass is 10.2. The Morgan fingerprint density at radius 3 is 2.68 bits per heavy atom. The van der Waals surface area contributed by atoms with E-state index in [2.05, 4.69) is 4.98 Å². The Morgan fingerprint density at radius 2 is 2.05 bits per heavy atom. The van der Waals surface area contributed by atoms with Crippen LogP contribution in [0.25, 0.3) is 11.5 Å². The molecular weight excluding hydrogens is 286 g/mol. The number of carbonyl (C=O) groups is 2. The zero-order chi connectivity index (χ0) is 15.7. The van der Waals surface area contributed by atoms with Crippen LogP contribution in [0.15, 0.2) is 34.7 Å². The molecule has 2 unspecified atom stereocenters. The van der Waals surface area contributed by atoms with Crippen molar-refractivity contribution < 1.29 is 23.5 Å². The van der Waals surface area contributed by atoms with Gasteiger partial charge in [-0.15, -0.1) is 0 Å². The van der Waals surface area contributed by atoms with E-state index in [9.17, 15) is 9.59 Å². The molecule has 2 heterocycles. The van der Waals surface area contributed by atoms with Gasteiger partial charge in [0.05, 0.1) is 0 Å². The molecule has 1 fully saturated rings. The van der Waals surface area contributed by atoms with E-state index >= 15 is 0 Å². The molecule has 0 spiro atoms.